The van der Waals surface area contributed by atoms with Crippen molar-refractivity contribution in [2.75, 3.05) is 19.0 Å². The zero-order valence-corrected chi connectivity index (χ0v) is 11.5. The van der Waals surface area contributed by atoms with Crippen molar-refractivity contribution in [3.8, 4) is 0 Å². The monoisotopic (exact) mass is 264 g/mol. The van der Waals surface area contributed by atoms with Crippen LogP contribution in [0, 0.1) is 0 Å². The van der Waals surface area contributed by atoms with Crippen LogP contribution in [0.5, 0.6) is 0 Å². The van der Waals surface area contributed by atoms with Gasteiger partial charge in [0.15, 0.2) is 0 Å². The lowest BCUT2D eigenvalue weighted by Gasteiger charge is -2.42. The van der Waals surface area contributed by atoms with Gasteiger partial charge in [0.2, 0.25) is 10.0 Å². The van der Waals surface area contributed by atoms with Gasteiger partial charge in [0.1, 0.15) is 11.4 Å². The van der Waals surface area contributed by atoms with Gasteiger partial charge in [-0.05, 0) is 27.7 Å². The topological polar surface area (TPSA) is 77.9 Å². The van der Waals surface area contributed by atoms with Gasteiger partial charge >= 0.3 is 5.97 Å². The molecule has 1 saturated heterocycles. The molecule has 0 amide bonds. The van der Waals surface area contributed by atoms with Gasteiger partial charge in [-0.3, -0.25) is 9.69 Å². The Labute approximate surface area is 102 Å². The Kier molecular flexibility index (Phi) is 3.85. The Morgan fingerprint density at radius 1 is 1.29 bits per heavy atom. The Bertz CT molecular complexity index is 403. The van der Waals surface area contributed by atoms with Crippen LogP contribution in [0.3, 0.4) is 0 Å². The van der Waals surface area contributed by atoms with E-state index in [0.717, 1.165) is 0 Å². The van der Waals surface area contributed by atoms with Crippen molar-refractivity contribution >= 4 is 16.0 Å². The molecule has 7 heteroatoms. The fraction of sp³-hybridized carbons (Fsp3) is 0.900. The third-order valence-electron chi connectivity index (χ3n) is 3.16. The summed E-state index contributed by atoms with van der Waals surface area (Å²) in [7, 11) is -3.39. The van der Waals surface area contributed by atoms with Crippen molar-refractivity contribution < 1.29 is 18.3 Å². The highest BCUT2D eigenvalue weighted by Crippen LogP contribution is 2.22. The van der Waals surface area contributed by atoms with Crippen LogP contribution in [-0.2, 0) is 14.8 Å². The van der Waals surface area contributed by atoms with Crippen LogP contribution in [0.1, 0.15) is 27.7 Å². The van der Waals surface area contributed by atoms with Crippen molar-refractivity contribution in [2.24, 2.45) is 0 Å². The van der Waals surface area contributed by atoms with Gasteiger partial charge in [0.25, 0.3) is 0 Å². The molecule has 0 aromatic rings. The van der Waals surface area contributed by atoms with Crippen molar-refractivity contribution in [1.29, 1.82) is 0 Å². The zero-order chi connectivity index (χ0) is 13.4. The summed E-state index contributed by atoms with van der Waals surface area (Å²) in [5.74, 6) is -1.24. The van der Waals surface area contributed by atoms with Crippen LogP contribution < -0.4 is 0 Å². The van der Waals surface area contributed by atoms with Crippen LogP contribution in [0.25, 0.3) is 0 Å². The standard InChI is InChI=1S/C10H20N2O4S/c1-8(2)12-6-5-11(7-17(12,15)16)10(3,4)9(13)14/h8H,5-7H2,1-4H3,(H,13,14). The molecule has 0 saturated carbocycles. The summed E-state index contributed by atoms with van der Waals surface area (Å²) in [6.07, 6.45) is 0. The van der Waals surface area contributed by atoms with Gasteiger partial charge in [0.05, 0.1) is 0 Å². The molecule has 1 aliphatic rings. The molecule has 0 spiro atoms. The van der Waals surface area contributed by atoms with Crippen molar-refractivity contribution in [3.05, 3.63) is 0 Å². The van der Waals surface area contributed by atoms with E-state index in [4.69, 9.17) is 5.11 Å². The lowest BCUT2D eigenvalue weighted by Crippen LogP contribution is -2.60. The quantitative estimate of drug-likeness (QED) is 0.786. The van der Waals surface area contributed by atoms with Crippen LogP contribution >= 0.6 is 0 Å². The van der Waals surface area contributed by atoms with Crippen LogP contribution in [-0.4, -0.2) is 59.2 Å². The molecule has 0 bridgehead atoms. The first-order valence-electron chi connectivity index (χ1n) is 5.57. The maximum absolute atomic E-state index is 12.0. The first-order chi connectivity index (χ1) is 7.59. The third kappa shape index (κ3) is 2.78. The van der Waals surface area contributed by atoms with Gasteiger partial charge in [-0.1, -0.05) is 0 Å². The van der Waals surface area contributed by atoms with Crippen molar-refractivity contribution in [1.82, 2.24) is 9.21 Å². The number of hydrogen-bond donors (Lipinski definition) is 1. The molecule has 0 aliphatic carbocycles. The van der Waals surface area contributed by atoms with E-state index in [1.54, 1.807) is 0 Å². The van der Waals surface area contributed by atoms with E-state index in [-0.39, 0.29) is 11.9 Å². The zero-order valence-electron chi connectivity index (χ0n) is 10.7. The molecule has 0 unspecified atom stereocenters. The minimum absolute atomic E-state index is 0.0879. The van der Waals surface area contributed by atoms with Gasteiger partial charge in [-0.2, -0.15) is 4.31 Å². The Morgan fingerprint density at radius 3 is 2.18 bits per heavy atom. The first-order valence-corrected chi connectivity index (χ1v) is 7.18. The summed E-state index contributed by atoms with van der Waals surface area (Å²) in [6.45, 7) is 7.46. The van der Waals surface area contributed by atoms with Gasteiger partial charge in [-0.25, -0.2) is 8.42 Å². The average molecular weight is 264 g/mol. The molecule has 17 heavy (non-hydrogen) atoms. The second-order valence-electron chi connectivity index (χ2n) is 5.07. The molecule has 1 fully saturated rings. The Hall–Kier alpha value is -0.660. The lowest BCUT2D eigenvalue weighted by atomic mass is 10.0. The highest BCUT2D eigenvalue weighted by Gasteiger charge is 2.42. The van der Waals surface area contributed by atoms with Crippen LogP contribution in [0.2, 0.25) is 0 Å². The summed E-state index contributed by atoms with van der Waals surface area (Å²) in [5, 5.41) is 9.09. The fourth-order valence-electron chi connectivity index (χ4n) is 1.85. The third-order valence-corrected chi connectivity index (χ3v) is 5.11. The summed E-state index contributed by atoms with van der Waals surface area (Å²) < 4.78 is 25.4. The van der Waals surface area contributed by atoms with Crippen molar-refractivity contribution in [3.63, 3.8) is 0 Å². The highest BCUT2D eigenvalue weighted by molar-refractivity contribution is 7.89. The van der Waals surface area contributed by atoms with E-state index in [1.165, 1.54) is 23.1 Å². The largest absolute Gasteiger partial charge is 0.480 e. The number of nitrogens with zero attached hydrogens (tertiary/aromatic N) is 2. The van der Waals surface area contributed by atoms with E-state index < -0.39 is 21.5 Å². The number of rotatable bonds is 3. The fourth-order valence-corrected chi connectivity index (χ4v) is 3.85. The molecule has 0 aromatic heterocycles. The molecule has 0 atom stereocenters. The SMILES string of the molecule is CC(C)N1CCN(C(C)(C)C(=O)O)CS1(=O)=O. The predicted octanol–water partition coefficient (Wildman–Crippen LogP) is 0.163. The predicted molar refractivity (Wildman–Crippen MR) is 64.0 cm³/mol. The summed E-state index contributed by atoms with van der Waals surface area (Å²) >= 11 is 0. The van der Waals surface area contributed by atoms with Crippen LogP contribution in [0.4, 0.5) is 0 Å². The maximum Gasteiger partial charge on any atom is 0.323 e. The van der Waals surface area contributed by atoms with E-state index in [2.05, 4.69) is 0 Å². The minimum Gasteiger partial charge on any atom is -0.480 e. The molecule has 1 rings (SSSR count). The second-order valence-corrected chi connectivity index (χ2v) is 6.96. The van der Waals surface area contributed by atoms with Gasteiger partial charge < -0.3 is 5.11 Å². The lowest BCUT2D eigenvalue weighted by molar-refractivity contribution is -0.149. The second kappa shape index (κ2) is 4.55. The van der Waals surface area contributed by atoms with Gasteiger partial charge in [0, 0.05) is 19.1 Å². The molecular formula is C10H20N2O4S. The maximum atomic E-state index is 12.0. The summed E-state index contributed by atoms with van der Waals surface area (Å²) in [5.41, 5.74) is -1.16. The highest BCUT2D eigenvalue weighted by atomic mass is 32.2. The molecule has 0 aromatic carbocycles. The van der Waals surface area contributed by atoms with E-state index in [9.17, 15) is 13.2 Å². The minimum atomic E-state index is -3.39. The van der Waals surface area contributed by atoms with Crippen LogP contribution in [0.15, 0.2) is 0 Å². The summed E-state index contributed by atoms with van der Waals surface area (Å²) in [6, 6.07) is -0.0879. The van der Waals surface area contributed by atoms with Crippen molar-refractivity contribution in [2.45, 2.75) is 39.3 Å². The molecular weight excluding hydrogens is 244 g/mol. The number of sulfonamides is 1. The molecule has 100 valence electrons. The van der Waals surface area contributed by atoms with E-state index in [0.29, 0.717) is 13.1 Å². The summed E-state index contributed by atoms with van der Waals surface area (Å²) in [4.78, 5) is 12.6. The van der Waals surface area contributed by atoms with E-state index >= 15 is 0 Å². The number of carboxylic acid groups (broad SMARTS) is 1. The molecule has 1 N–H and O–H groups in total. The van der Waals surface area contributed by atoms with E-state index in [1.807, 2.05) is 13.8 Å². The molecule has 1 aliphatic heterocycles. The smallest absolute Gasteiger partial charge is 0.323 e. The molecule has 6 nitrogen and oxygen atoms in total. The first kappa shape index (κ1) is 14.4. The average Bonchev–Trinajstić information content (AvgIpc) is 2.14. The Balaban J connectivity index is 2.92. The molecule has 0 radical (unpaired) electrons. The number of carbonyl (C=O) groups is 1. The number of carboxylic acids is 1. The Morgan fingerprint density at radius 2 is 1.82 bits per heavy atom. The number of hydrogen-bond acceptors (Lipinski definition) is 4. The van der Waals surface area contributed by atoms with Gasteiger partial charge in [-0.15, -0.1) is 0 Å². The molecule has 1 heterocycles. The number of aliphatic carboxylic acids is 1. The normalized spacial score (nSPS) is 22.9.